The maximum atomic E-state index is 12.2. The SMILES string of the molecule is C#Cc1ccc(F)cc1.C[SiH](C)C. The molecule has 0 nitrogen and oxygen atoms in total. The fraction of sp³-hybridized carbons (Fsp3) is 0.273. The fourth-order valence-corrected chi connectivity index (χ4v) is 0.546. The second-order valence-corrected chi connectivity index (χ2v) is 6.85. The summed E-state index contributed by atoms with van der Waals surface area (Å²) < 4.78 is 12.2. The molecule has 0 aliphatic carbocycles. The Balaban J connectivity index is 0.000000310. The molecule has 0 aliphatic rings. The van der Waals surface area contributed by atoms with E-state index in [2.05, 4.69) is 25.6 Å². The Morgan fingerprint density at radius 1 is 1.15 bits per heavy atom. The fourth-order valence-electron chi connectivity index (χ4n) is 0.546. The van der Waals surface area contributed by atoms with Crippen LogP contribution in [0.2, 0.25) is 19.6 Å². The second-order valence-electron chi connectivity index (χ2n) is 3.38. The van der Waals surface area contributed by atoms with Crippen LogP contribution < -0.4 is 0 Å². The van der Waals surface area contributed by atoms with Crippen LogP contribution in [0.25, 0.3) is 0 Å². The molecular formula is C11H15FSi. The number of halogens is 1. The maximum Gasteiger partial charge on any atom is 0.123 e. The predicted octanol–water partition coefficient (Wildman–Crippen LogP) is 2.91. The zero-order chi connectivity index (χ0) is 10.3. The quantitative estimate of drug-likeness (QED) is 0.440. The van der Waals surface area contributed by atoms with E-state index < -0.39 is 0 Å². The van der Waals surface area contributed by atoms with Crippen molar-refractivity contribution in [3.8, 4) is 12.3 Å². The highest BCUT2D eigenvalue weighted by atomic mass is 28.3. The first kappa shape index (κ1) is 11.9. The van der Waals surface area contributed by atoms with E-state index in [-0.39, 0.29) is 14.6 Å². The van der Waals surface area contributed by atoms with Crippen molar-refractivity contribution in [3.63, 3.8) is 0 Å². The summed E-state index contributed by atoms with van der Waals surface area (Å²) in [7, 11) is -0.139. The van der Waals surface area contributed by atoms with E-state index >= 15 is 0 Å². The van der Waals surface area contributed by atoms with Crippen LogP contribution in [0.15, 0.2) is 24.3 Å². The highest BCUT2D eigenvalue weighted by molar-refractivity contribution is 6.54. The first-order valence-corrected chi connectivity index (χ1v) is 7.75. The molecular weight excluding hydrogens is 179 g/mol. The van der Waals surface area contributed by atoms with Crippen molar-refractivity contribution in [3.05, 3.63) is 35.6 Å². The Morgan fingerprint density at radius 3 is 1.85 bits per heavy atom. The maximum absolute atomic E-state index is 12.2. The van der Waals surface area contributed by atoms with E-state index in [0.29, 0.717) is 5.56 Å². The van der Waals surface area contributed by atoms with Gasteiger partial charge in [0.15, 0.2) is 0 Å². The molecule has 0 heterocycles. The average molecular weight is 194 g/mol. The number of terminal acetylenes is 1. The van der Waals surface area contributed by atoms with Gasteiger partial charge in [-0.2, -0.15) is 0 Å². The number of hydrogen-bond acceptors (Lipinski definition) is 0. The van der Waals surface area contributed by atoms with Crippen LogP contribution in [0.4, 0.5) is 4.39 Å². The molecule has 2 heteroatoms. The minimum Gasteiger partial charge on any atom is -0.207 e. The molecule has 0 saturated carbocycles. The van der Waals surface area contributed by atoms with Crippen LogP contribution in [0.5, 0.6) is 0 Å². The highest BCUT2D eigenvalue weighted by Gasteiger charge is 1.86. The van der Waals surface area contributed by atoms with Crippen molar-refractivity contribution in [2.24, 2.45) is 0 Å². The molecule has 0 unspecified atom stereocenters. The van der Waals surface area contributed by atoms with Gasteiger partial charge in [0.1, 0.15) is 5.82 Å². The van der Waals surface area contributed by atoms with Gasteiger partial charge in [0.2, 0.25) is 0 Å². The van der Waals surface area contributed by atoms with Gasteiger partial charge >= 0.3 is 0 Å². The van der Waals surface area contributed by atoms with Gasteiger partial charge in [-0.05, 0) is 24.3 Å². The highest BCUT2D eigenvalue weighted by Crippen LogP contribution is 1.99. The minimum atomic E-state index is -0.256. The summed E-state index contributed by atoms with van der Waals surface area (Å²) in [5.41, 5.74) is 0.705. The standard InChI is InChI=1S/C8H5F.C3H10Si/c1-2-7-3-5-8(9)6-4-7;1-4(2)3/h1,3-6H;4H,1-3H3. The zero-order valence-corrected chi connectivity index (χ0v) is 9.50. The Morgan fingerprint density at radius 2 is 1.54 bits per heavy atom. The molecule has 0 amide bonds. The van der Waals surface area contributed by atoms with Crippen molar-refractivity contribution < 1.29 is 4.39 Å². The van der Waals surface area contributed by atoms with Crippen molar-refractivity contribution in [1.82, 2.24) is 0 Å². The van der Waals surface area contributed by atoms with E-state index in [1.807, 2.05) is 0 Å². The Kier molecular flexibility index (Phi) is 5.91. The third-order valence-electron chi connectivity index (χ3n) is 1.01. The van der Waals surface area contributed by atoms with Crippen LogP contribution >= 0.6 is 0 Å². The molecule has 0 bridgehead atoms. The van der Waals surface area contributed by atoms with E-state index in [9.17, 15) is 4.39 Å². The van der Waals surface area contributed by atoms with E-state index in [1.54, 1.807) is 12.1 Å². The normalized spacial score (nSPS) is 8.62. The largest absolute Gasteiger partial charge is 0.207 e. The average Bonchev–Trinajstić information content (AvgIpc) is 2.05. The lowest BCUT2D eigenvalue weighted by atomic mass is 10.2. The number of benzene rings is 1. The summed E-state index contributed by atoms with van der Waals surface area (Å²) in [6, 6.07) is 5.81. The summed E-state index contributed by atoms with van der Waals surface area (Å²) in [4.78, 5) is 0. The molecule has 0 fully saturated rings. The van der Waals surface area contributed by atoms with Gasteiger partial charge in [0.05, 0.1) is 0 Å². The van der Waals surface area contributed by atoms with Gasteiger partial charge in [0, 0.05) is 14.4 Å². The molecule has 0 spiro atoms. The van der Waals surface area contributed by atoms with Gasteiger partial charge in [-0.25, -0.2) is 4.39 Å². The van der Waals surface area contributed by atoms with Crippen molar-refractivity contribution >= 4 is 8.80 Å². The third-order valence-corrected chi connectivity index (χ3v) is 1.01. The number of hydrogen-bond donors (Lipinski definition) is 0. The molecule has 0 saturated heterocycles. The number of rotatable bonds is 0. The lowest BCUT2D eigenvalue weighted by molar-refractivity contribution is 0.627. The minimum absolute atomic E-state index is 0.139. The molecule has 1 rings (SSSR count). The third kappa shape index (κ3) is 7.29. The van der Waals surface area contributed by atoms with Gasteiger partial charge in [-0.3, -0.25) is 0 Å². The molecule has 0 atom stereocenters. The summed E-state index contributed by atoms with van der Waals surface area (Å²) >= 11 is 0. The van der Waals surface area contributed by atoms with Crippen LogP contribution in [0.1, 0.15) is 5.56 Å². The van der Waals surface area contributed by atoms with Crippen LogP contribution in [0.3, 0.4) is 0 Å². The van der Waals surface area contributed by atoms with Crippen molar-refractivity contribution in [2.75, 3.05) is 0 Å². The summed E-state index contributed by atoms with van der Waals surface area (Å²) in [6.45, 7) is 6.92. The molecule has 13 heavy (non-hydrogen) atoms. The van der Waals surface area contributed by atoms with Crippen molar-refractivity contribution in [1.29, 1.82) is 0 Å². The summed E-state index contributed by atoms with van der Waals surface area (Å²) in [5, 5.41) is 0. The monoisotopic (exact) mass is 194 g/mol. The Bertz CT molecular complexity index is 266. The van der Waals surface area contributed by atoms with Gasteiger partial charge in [-0.1, -0.05) is 25.6 Å². The Hall–Kier alpha value is -1.07. The summed E-state index contributed by atoms with van der Waals surface area (Å²) in [6.07, 6.45) is 5.03. The molecule has 0 N–H and O–H groups in total. The second kappa shape index (κ2) is 6.44. The van der Waals surface area contributed by atoms with E-state index in [4.69, 9.17) is 6.42 Å². The predicted molar refractivity (Wildman–Crippen MR) is 59.1 cm³/mol. The zero-order valence-electron chi connectivity index (χ0n) is 8.34. The molecule has 1 aromatic rings. The van der Waals surface area contributed by atoms with Gasteiger partial charge in [-0.15, -0.1) is 6.42 Å². The topological polar surface area (TPSA) is 0 Å². The Labute approximate surface area is 81.4 Å². The molecule has 0 radical (unpaired) electrons. The van der Waals surface area contributed by atoms with E-state index in [1.165, 1.54) is 12.1 Å². The molecule has 1 aromatic carbocycles. The first-order chi connectivity index (χ1) is 6.06. The van der Waals surface area contributed by atoms with Crippen LogP contribution in [-0.4, -0.2) is 8.80 Å². The molecule has 0 aliphatic heterocycles. The van der Waals surface area contributed by atoms with Crippen molar-refractivity contribution in [2.45, 2.75) is 19.6 Å². The van der Waals surface area contributed by atoms with E-state index in [0.717, 1.165) is 0 Å². The van der Waals surface area contributed by atoms with Crippen LogP contribution in [0, 0.1) is 18.2 Å². The molecule has 0 aromatic heterocycles. The van der Waals surface area contributed by atoms with Gasteiger partial charge < -0.3 is 0 Å². The molecule has 70 valence electrons. The lowest BCUT2D eigenvalue weighted by Crippen LogP contribution is -1.84. The van der Waals surface area contributed by atoms with Crippen LogP contribution in [-0.2, 0) is 0 Å². The summed E-state index contributed by atoms with van der Waals surface area (Å²) in [5.74, 6) is 2.13. The smallest absolute Gasteiger partial charge is 0.123 e. The first-order valence-electron chi connectivity index (χ1n) is 4.28. The lowest BCUT2D eigenvalue weighted by Gasteiger charge is -1.86. The van der Waals surface area contributed by atoms with Gasteiger partial charge in [0.25, 0.3) is 0 Å².